The van der Waals surface area contributed by atoms with Gasteiger partial charge in [0.05, 0.1) is 11.4 Å². The highest BCUT2D eigenvalue weighted by atomic mass is 19.1. The molecule has 0 saturated heterocycles. The highest BCUT2D eigenvalue weighted by Crippen LogP contribution is 2.20. The van der Waals surface area contributed by atoms with Crippen LogP contribution in [0.25, 0.3) is 11.4 Å². The third-order valence-electron chi connectivity index (χ3n) is 3.46. The van der Waals surface area contributed by atoms with Gasteiger partial charge in [0.1, 0.15) is 11.6 Å². The van der Waals surface area contributed by atoms with E-state index < -0.39 is 0 Å². The van der Waals surface area contributed by atoms with Gasteiger partial charge in [-0.05, 0) is 43.7 Å². The molecule has 2 aromatic heterocycles. The van der Waals surface area contributed by atoms with Crippen molar-refractivity contribution in [3.63, 3.8) is 0 Å². The van der Waals surface area contributed by atoms with Gasteiger partial charge in [0.2, 0.25) is 5.95 Å². The summed E-state index contributed by atoms with van der Waals surface area (Å²) in [6.45, 7) is 4.60. The van der Waals surface area contributed by atoms with E-state index >= 15 is 0 Å². The molecular weight excluding hydrogens is 317 g/mol. The molecule has 2 heterocycles. The van der Waals surface area contributed by atoms with E-state index in [2.05, 4.69) is 25.6 Å². The molecule has 6 heteroatoms. The molecule has 0 aliphatic rings. The standard InChI is InChI=1S/C19H20FN5/c1-13(2)23-19-24-17(16-5-3-4-10-21-16)11-18(25-19)22-12-14-6-8-15(20)9-7-14/h3-11,13H,12H2,1-2H3,(H2,22,23,24,25). The Labute approximate surface area is 146 Å². The minimum absolute atomic E-state index is 0.212. The number of aromatic nitrogens is 3. The van der Waals surface area contributed by atoms with Crippen molar-refractivity contribution in [3.05, 3.63) is 66.1 Å². The van der Waals surface area contributed by atoms with E-state index in [1.54, 1.807) is 18.3 Å². The second kappa shape index (κ2) is 7.70. The van der Waals surface area contributed by atoms with Gasteiger partial charge >= 0.3 is 0 Å². The van der Waals surface area contributed by atoms with Gasteiger partial charge in [0.15, 0.2) is 0 Å². The van der Waals surface area contributed by atoms with Crippen molar-refractivity contribution in [1.82, 2.24) is 15.0 Å². The number of hydrogen-bond acceptors (Lipinski definition) is 5. The van der Waals surface area contributed by atoms with Crippen LogP contribution in [0.2, 0.25) is 0 Å². The maximum absolute atomic E-state index is 13.0. The lowest BCUT2D eigenvalue weighted by Gasteiger charge is -2.13. The molecule has 0 spiro atoms. The number of anilines is 2. The van der Waals surface area contributed by atoms with Gasteiger partial charge < -0.3 is 10.6 Å². The molecule has 0 unspecified atom stereocenters. The van der Waals surface area contributed by atoms with Crippen molar-refractivity contribution >= 4 is 11.8 Å². The van der Waals surface area contributed by atoms with Crippen molar-refractivity contribution in [1.29, 1.82) is 0 Å². The summed E-state index contributed by atoms with van der Waals surface area (Å²) in [4.78, 5) is 13.4. The van der Waals surface area contributed by atoms with Gasteiger partial charge in [-0.3, -0.25) is 4.98 Å². The van der Waals surface area contributed by atoms with E-state index in [-0.39, 0.29) is 11.9 Å². The number of rotatable bonds is 6. The topological polar surface area (TPSA) is 62.7 Å². The summed E-state index contributed by atoms with van der Waals surface area (Å²) in [7, 11) is 0. The summed E-state index contributed by atoms with van der Waals surface area (Å²) < 4.78 is 13.0. The number of pyridine rings is 1. The minimum Gasteiger partial charge on any atom is -0.366 e. The Hall–Kier alpha value is -3.02. The Morgan fingerprint density at radius 2 is 1.80 bits per heavy atom. The first-order valence-electron chi connectivity index (χ1n) is 8.15. The molecule has 3 rings (SSSR count). The molecule has 128 valence electrons. The van der Waals surface area contributed by atoms with Crippen LogP contribution in [0.15, 0.2) is 54.7 Å². The van der Waals surface area contributed by atoms with Crippen LogP contribution in [0.4, 0.5) is 16.2 Å². The highest BCUT2D eigenvalue weighted by Gasteiger charge is 2.08. The maximum Gasteiger partial charge on any atom is 0.225 e. The third-order valence-corrected chi connectivity index (χ3v) is 3.46. The lowest BCUT2D eigenvalue weighted by atomic mass is 10.2. The van der Waals surface area contributed by atoms with Crippen LogP contribution in [-0.2, 0) is 6.54 Å². The monoisotopic (exact) mass is 337 g/mol. The molecule has 2 N–H and O–H groups in total. The second-order valence-electron chi connectivity index (χ2n) is 5.96. The summed E-state index contributed by atoms with van der Waals surface area (Å²) in [6, 6.07) is 14.2. The Morgan fingerprint density at radius 3 is 2.48 bits per heavy atom. The molecule has 0 aliphatic carbocycles. The molecule has 5 nitrogen and oxygen atoms in total. The molecule has 0 bridgehead atoms. The largest absolute Gasteiger partial charge is 0.366 e. The zero-order valence-electron chi connectivity index (χ0n) is 14.2. The fraction of sp³-hybridized carbons (Fsp3) is 0.211. The molecule has 0 amide bonds. The molecule has 0 fully saturated rings. The van der Waals surface area contributed by atoms with Crippen molar-refractivity contribution in [2.24, 2.45) is 0 Å². The van der Waals surface area contributed by atoms with E-state index in [1.807, 2.05) is 38.1 Å². The lowest BCUT2D eigenvalue weighted by Crippen LogP contribution is -2.14. The molecule has 1 aromatic carbocycles. The number of nitrogens with one attached hydrogen (secondary N) is 2. The zero-order valence-corrected chi connectivity index (χ0v) is 14.2. The molecule has 0 radical (unpaired) electrons. The van der Waals surface area contributed by atoms with Crippen LogP contribution >= 0.6 is 0 Å². The van der Waals surface area contributed by atoms with Crippen LogP contribution in [0, 0.1) is 5.82 Å². The van der Waals surface area contributed by atoms with Crippen LogP contribution < -0.4 is 10.6 Å². The predicted octanol–water partition coefficient (Wildman–Crippen LogP) is 4.11. The number of benzene rings is 1. The smallest absolute Gasteiger partial charge is 0.225 e. The van der Waals surface area contributed by atoms with Gasteiger partial charge in [0.25, 0.3) is 0 Å². The van der Waals surface area contributed by atoms with Crippen LogP contribution in [0.3, 0.4) is 0 Å². The third kappa shape index (κ3) is 4.73. The van der Waals surface area contributed by atoms with E-state index in [4.69, 9.17) is 0 Å². The number of halogens is 1. The Bertz CT molecular complexity index is 819. The Morgan fingerprint density at radius 1 is 1.00 bits per heavy atom. The second-order valence-corrected chi connectivity index (χ2v) is 5.96. The summed E-state index contributed by atoms with van der Waals surface area (Å²) in [5.41, 5.74) is 2.49. The van der Waals surface area contributed by atoms with Crippen LogP contribution in [0.1, 0.15) is 19.4 Å². The van der Waals surface area contributed by atoms with E-state index in [0.717, 1.165) is 17.0 Å². The first-order valence-corrected chi connectivity index (χ1v) is 8.15. The fourth-order valence-corrected chi connectivity index (χ4v) is 2.30. The van der Waals surface area contributed by atoms with E-state index in [9.17, 15) is 4.39 Å². The van der Waals surface area contributed by atoms with Crippen molar-refractivity contribution < 1.29 is 4.39 Å². The number of nitrogens with zero attached hydrogens (tertiary/aromatic N) is 3. The summed E-state index contributed by atoms with van der Waals surface area (Å²) in [5, 5.41) is 6.48. The first-order chi connectivity index (χ1) is 12.1. The number of hydrogen-bond donors (Lipinski definition) is 2. The lowest BCUT2D eigenvalue weighted by molar-refractivity contribution is 0.627. The normalized spacial score (nSPS) is 10.7. The SMILES string of the molecule is CC(C)Nc1nc(NCc2ccc(F)cc2)cc(-c2ccccn2)n1. The summed E-state index contributed by atoms with van der Waals surface area (Å²) in [6.07, 6.45) is 1.73. The molecule has 3 aromatic rings. The van der Waals surface area contributed by atoms with Gasteiger partial charge in [-0.15, -0.1) is 0 Å². The first kappa shape index (κ1) is 16.8. The quantitative estimate of drug-likeness (QED) is 0.709. The van der Waals surface area contributed by atoms with Crippen molar-refractivity contribution in [3.8, 4) is 11.4 Å². The van der Waals surface area contributed by atoms with Crippen molar-refractivity contribution in [2.45, 2.75) is 26.4 Å². The average molecular weight is 337 g/mol. The maximum atomic E-state index is 13.0. The molecule has 0 aliphatic heterocycles. The van der Waals surface area contributed by atoms with E-state index in [1.165, 1.54) is 12.1 Å². The van der Waals surface area contributed by atoms with Crippen LogP contribution in [0.5, 0.6) is 0 Å². The molecule has 25 heavy (non-hydrogen) atoms. The van der Waals surface area contributed by atoms with E-state index in [0.29, 0.717) is 18.3 Å². The molecular formula is C19H20FN5. The average Bonchev–Trinajstić information content (AvgIpc) is 2.61. The van der Waals surface area contributed by atoms with Gasteiger partial charge in [-0.1, -0.05) is 18.2 Å². The van der Waals surface area contributed by atoms with Gasteiger partial charge in [-0.2, -0.15) is 4.98 Å². The zero-order chi connectivity index (χ0) is 17.6. The summed E-state index contributed by atoms with van der Waals surface area (Å²) >= 11 is 0. The predicted molar refractivity (Wildman–Crippen MR) is 97.7 cm³/mol. The van der Waals surface area contributed by atoms with Gasteiger partial charge in [-0.25, -0.2) is 9.37 Å². The minimum atomic E-state index is -0.244. The fourth-order valence-electron chi connectivity index (χ4n) is 2.30. The summed E-state index contributed by atoms with van der Waals surface area (Å²) in [5.74, 6) is 0.981. The van der Waals surface area contributed by atoms with Crippen LogP contribution in [-0.4, -0.2) is 21.0 Å². The highest BCUT2D eigenvalue weighted by molar-refractivity contribution is 5.61. The van der Waals surface area contributed by atoms with Gasteiger partial charge in [0, 0.05) is 24.8 Å². The Balaban J connectivity index is 1.85. The molecule has 0 atom stereocenters. The van der Waals surface area contributed by atoms with Crippen molar-refractivity contribution in [2.75, 3.05) is 10.6 Å². The molecule has 0 saturated carbocycles. The Kier molecular flexibility index (Phi) is 5.18.